The van der Waals surface area contributed by atoms with Crippen LogP contribution >= 0.6 is 0 Å². The summed E-state index contributed by atoms with van der Waals surface area (Å²) in [5, 5.41) is 28.7. The predicted octanol–water partition coefficient (Wildman–Crippen LogP) is 8.05. The molecule has 0 spiro atoms. The molecule has 4 unspecified atom stereocenters. The molecule has 2 N–H and O–H groups in total. The van der Waals surface area contributed by atoms with Crippen LogP contribution in [0, 0.1) is 20.2 Å². The molecule has 4 atom stereocenters. The first-order valence-corrected chi connectivity index (χ1v) is 17.5. The van der Waals surface area contributed by atoms with E-state index in [1.807, 2.05) is 13.8 Å². The maximum absolute atomic E-state index is 13.1. The number of non-ortho nitro benzene ring substituents is 2. The summed E-state index contributed by atoms with van der Waals surface area (Å²) >= 11 is 0. The van der Waals surface area contributed by atoms with Gasteiger partial charge >= 0.3 is 11.9 Å². The van der Waals surface area contributed by atoms with Gasteiger partial charge in [0.05, 0.1) is 9.85 Å². The molecule has 0 aliphatic heterocycles. The highest BCUT2D eigenvalue weighted by Crippen LogP contribution is 2.29. The standard InChI is InChI=1S/C36H54N4O8/c1-5-9-11-25-37-33(23-17-27(7-3)29-13-19-31(20-14-29)39(43)44)47-35(41)36(42)48-34(38-26-12-10-6-2)24-18-28(8-4)30-15-21-32(22-16-30)40(45)46/h13-16,19-22,27-28,33-34,37-38H,5-12,17-18,23-26H2,1-4H3. The summed E-state index contributed by atoms with van der Waals surface area (Å²) in [5.41, 5.74) is 2.00. The van der Waals surface area contributed by atoms with Gasteiger partial charge < -0.3 is 9.47 Å². The fourth-order valence-corrected chi connectivity index (χ4v) is 5.69. The van der Waals surface area contributed by atoms with E-state index in [0.717, 1.165) is 62.5 Å². The van der Waals surface area contributed by atoms with Gasteiger partial charge in [0.15, 0.2) is 12.5 Å². The number of nitrogens with one attached hydrogen (secondary N) is 2. The van der Waals surface area contributed by atoms with Crippen LogP contribution in [0.4, 0.5) is 11.4 Å². The number of ether oxygens (including phenoxy) is 2. The molecular formula is C36H54N4O8. The molecule has 266 valence electrons. The molecule has 0 radical (unpaired) electrons. The Kier molecular flexibility index (Phi) is 19.0. The van der Waals surface area contributed by atoms with Gasteiger partial charge in [0, 0.05) is 24.3 Å². The maximum Gasteiger partial charge on any atom is 0.419 e. The molecule has 0 heterocycles. The van der Waals surface area contributed by atoms with E-state index in [2.05, 4.69) is 24.5 Å². The maximum atomic E-state index is 13.1. The van der Waals surface area contributed by atoms with Crippen molar-refractivity contribution < 1.29 is 28.9 Å². The number of nitro groups is 2. The van der Waals surface area contributed by atoms with E-state index in [0.29, 0.717) is 38.8 Å². The molecule has 0 saturated carbocycles. The van der Waals surface area contributed by atoms with E-state index in [-0.39, 0.29) is 23.2 Å². The second-order valence-corrected chi connectivity index (χ2v) is 12.2. The average molecular weight is 671 g/mol. The molecule has 2 aromatic rings. The average Bonchev–Trinajstić information content (AvgIpc) is 3.09. The molecule has 48 heavy (non-hydrogen) atoms. The summed E-state index contributed by atoms with van der Waals surface area (Å²) in [6.07, 6.45) is 8.26. The fraction of sp³-hybridized carbons (Fsp3) is 0.611. The third-order valence-corrected chi connectivity index (χ3v) is 8.66. The van der Waals surface area contributed by atoms with Crippen molar-refractivity contribution in [2.45, 2.75) is 129 Å². The minimum absolute atomic E-state index is 0.0335. The van der Waals surface area contributed by atoms with Crippen LogP contribution in [0.25, 0.3) is 0 Å². The van der Waals surface area contributed by atoms with Crippen LogP contribution < -0.4 is 10.6 Å². The van der Waals surface area contributed by atoms with Gasteiger partial charge in [0.2, 0.25) is 0 Å². The molecular weight excluding hydrogens is 616 g/mol. The van der Waals surface area contributed by atoms with E-state index in [9.17, 15) is 29.8 Å². The Morgan fingerprint density at radius 2 is 0.958 bits per heavy atom. The van der Waals surface area contributed by atoms with Crippen LogP contribution in [0.2, 0.25) is 0 Å². The molecule has 2 aromatic carbocycles. The van der Waals surface area contributed by atoms with Crippen LogP contribution in [0.15, 0.2) is 48.5 Å². The molecule has 12 heteroatoms. The van der Waals surface area contributed by atoms with Gasteiger partial charge in [-0.15, -0.1) is 0 Å². The first-order valence-electron chi connectivity index (χ1n) is 17.5. The van der Waals surface area contributed by atoms with Gasteiger partial charge in [-0.3, -0.25) is 30.9 Å². The number of rotatable bonds is 24. The van der Waals surface area contributed by atoms with Crippen molar-refractivity contribution in [2.75, 3.05) is 13.1 Å². The summed E-state index contributed by atoms with van der Waals surface area (Å²) in [6, 6.07) is 13.0. The zero-order valence-corrected chi connectivity index (χ0v) is 29.0. The van der Waals surface area contributed by atoms with Crippen molar-refractivity contribution in [2.24, 2.45) is 0 Å². The number of benzene rings is 2. The van der Waals surface area contributed by atoms with Crippen LogP contribution in [-0.4, -0.2) is 47.3 Å². The monoisotopic (exact) mass is 670 g/mol. The predicted molar refractivity (Wildman–Crippen MR) is 186 cm³/mol. The van der Waals surface area contributed by atoms with Gasteiger partial charge in [-0.05, 0) is 87.4 Å². The van der Waals surface area contributed by atoms with Crippen molar-refractivity contribution in [3.63, 3.8) is 0 Å². The molecule has 0 bridgehead atoms. The normalized spacial score (nSPS) is 13.7. The first kappa shape index (κ1) is 40.3. The third-order valence-electron chi connectivity index (χ3n) is 8.66. The quantitative estimate of drug-likeness (QED) is 0.0279. The highest BCUT2D eigenvalue weighted by Gasteiger charge is 2.27. The molecule has 0 fully saturated rings. The molecule has 0 saturated heterocycles. The van der Waals surface area contributed by atoms with E-state index in [4.69, 9.17) is 9.47 Å². The summed E-state index contributed by atoms with van der Waals surface area (Å²) < 4.78 is 11.3. The van der Waals surface area contributed by atoms with Gasteiger partial charge in [0.25, 0.3) is 11.4 Å². The Labute approximate surface area is 284 Å². The number of hydrogen-bond acceptors (Lipinski definition) is 10. The number of nitrogens with zero attached hydrogens (tertiary/aromatic N) is 2. The second kappa shape index (κ2) is 22.6. The van der Waals surface area contributed by atoms with Crippen molar-refractivity contribution in [3.8, 4) is 0 Å². The van der Waals surface area contributed by atoms with Crippen LogP contribution in [0.5, 0.6) is 0 Å². The third kappa shape index (κ3) is 14.5. The van der Waals surface area contributed by atoms with E-state index in [1.165, 1.54) is 24.3 Å². The van der Waals surface area contributed by atoms with Crippen molar-refractivity contribution in [3.05, 3.63) is 79.9 Å². The minimum atomic E-state index is -1.06. The lowest BCUT2D eigenvalue weighted by molar-refractivity contribution is -0.385. The van der Waals surface area contributed by atoms with Crippen LogP contribution in [0.3, 0.4) is 0 Å². The Morgan fingerprint density at radius 3 is 1.25 bits per heavy atom. The number of carbonyl (C=O) groups excluding carboxylic acids is 2. The molecule has 0 aliphatic carbocycles. The molecule has 0 amide bonds. The summed E-state index contributed by atoms with van der Waals surface area (Å²) in [5.74, 6) is -1.94. The number of hydrogen-bond donors (Lipinski definition) is 2. The second-order valence-electron chi connectivity index (χ2n) is 12.2. The summed E-state index contributed by atoms with van der Waals surface area (Å²) in [4.78, 5) is 47.4. The number of unbranched alkanes of at least 4 members (excludes halogenated alkanes) is 4. The lowest BCUT2D eigenvalue weighted by atomic mass is 9.91. The SMILES string of the molecule is CCCCCNC(CCC(CC)c1ccc([N+](=O)[O-])cc1)OC(=O)C(=O)OC(CCC(CC)c1ccc([N+](=O)[O-])cc1)NCCCCC. The Bertz CT molecular complexity index is 1160. The van der Waals surface area contributed by atoms with Gasteiger partial charge in [-0.2, -0.15) is 0 Å². The largest absolute Gasteiger partial charge is 0.438 e. The molecule has 0 aromatic heterocycles. The highest BCUT2D eigenvalue weighted by atomic mass is 16.6. The summed E-state index contributed by atoms with van der Waals surface area (Å²) in [7, 11) is 0. The van der Waals surface area contributed by atoms with Gasteiger partial charge in [-0.1, -0.05) is 77.6 Å². The zero-order chi connectivity index (χ0) is 35.3. The highest BCUT2D eigenvalue weighted by molar-refractivity contribution is 6.29. The van der Waals surface area contributed by atoms with Gasteiger partial charge in [-0.25, -0.2) is 9.59 Å². The topological polar surface area (TPSA) is 163 Å². The van der Waals surface area contributed by atoms with Crippen molar-refractivity contribution >= 4 is 23.3 Å². The van der Waals surface area contributed by atoms with E-state index in [1.54, 1.807) is 24.3 Å². The van der Waals surface area contributed by atoms with Crippen molar-refractivity contribution in [1.29, 1.82) is 0 Å². The number of esters is 2. The molecule has 12 nitrogen and oxygen atoms in total. The molecule has 0 aliphatic rings. The first-order chi connectivity index (χ1) is 23.1. The van der Waals surface area contributed by atoms with Crippen LogP contribution in [-0.2, 0) is 19.1 Å². The number of carbonyl (C=O) groups is 2. The Hall–Kier alpha value is -3.90. The number of nitro benzene ring substituents is 2. The lowest BCUT2D eigenvalue weighted by Crippen LogP contribution is -2.40. The minimum Gasteiger partial charge on any atom is -0.438 e. The van der Waals surface area contributed by atoms with E-state index < -0.39 is 34.2 Å². The summed E-state index contributed by atoms with van der Waals surface area (Å²) in [6.45, 7) is 9.53. The smallest absolute Gasteiger partial charge is 0.419 e. The van der Waals surface area contributed by atoms with E-state index >= 15 is 0 Å². The lowest BCUT2D eigenvalue weighted by Gasteiger charge is -2.24. The zero-order valence-electron chi connectivity index (χ0n) is 29.0. The van der Waals surface area contributed by atoms with Crippen LogP contribution in [0.1, 0.15) is 128 Å². The Balaban J connectivity index is 2.07. The molecule has 2 rings (SSSR count). The Morgan fingerprint density at radius 1 is 0.604 bits per heavy atom. The van der Waals surface area contributed by atoms with Crippen molar-refractivity contribution in [1.82, 2.24) is 10.6 Å². The fourth-order valence-electron chi connectivity index (χ4n) is 5.69. The van der Waals surface area contributed by atoms with Gasteiger partial charge in [0.1, 0.15) is 0 Å².